The normalized spacial score (nSPS) is 20.6. The maximum Gasteiger partial charge on any atom is 0.284 e. The minimum absolute atomic E-state index is 0.0983. The van der Waals surface area contributed by atoms with E-state index < -0.39 is 0 Å². The van der Waals surface area contributed by atoms with E-state index in [0.717, 1.165) is 30.7 Å². The average molecular weight is 276 g/mol. The molecule has 1 aromatic heterocycles. The number of nitrogens with zero attached hydrogens (tertiary/aromatic N) is 3. The first-order chi connectivity index (χ1) is 8.20. The second-order valence-electron chi connectivity index (χ2n) is 3.83. The summed E-state index contributed by atoms with van der Waals surface area (Å²) in [7, 11) is 0. The molecule has 2 rings (SSSR count). The summed E-state index contributed by atoms with van der Waals surface area (Å²) in [5.74, 6) is -0.0983. The van der Waals surface area contributed by atoms with Gasteiger partial charge in [-0.15, -0.1) is 10.2 Å². The van der Waals surface area contributed by atoms with Crippen LogP contribution in [0.15, 0.2) is 0 Å². The molecule has 1 aromatic rings. The molecule has 0 radical (unpaired) electrons. The van der Waals surface area contributed by atoms with Gasteiger partial charge in [0, 0.05) is 19.7 Å². The molecule has 0 aromatic carbocycles. The van der Waals surface area contributed by atoms with E-state index in [0.29, 0.717) is 22.6 Å². The van der Waals surface area contributed by atoms with Gasteiger partial charge in [0.1, 0.15) is 0 Å². The minimum atomic E-state index is -0.0983. The average Bonchev–Trinajstić information content (AvgIpc) is 2.76. The second-order valence-corrected chi connectivity index (χ2v) is 5.39. The Morgan fingerprint density at radius 3 is 3.12 bits per heavy atom. The Labute approximate surface area is 109 Å². The fraction of sp³-hybridized carbons (Fsp3) is 0.700. The monoisotopic (exact) mass is 275 g/mol. The molecular weight excluding hydrogens is 262 g/mol. The van der Waals surface area contributed by atoms with Crippen LogP contribution in [0.2, 0.25) is 4.47 Å². The maximum atomic E-state index is 12.1. The van der Waals surface area contributed by atoms with Crippen molar-refractivity contribution in [1.82, 2.24) is 15.1 Å². The number of ether oxygens (including phenoxy) is 1. The van der Waals surface area contributed by atoms with E-state index in [1.54, 1.807) is 4.90 Å². The summed E-state index contributed by atoms with van der Waals surface area (Å²) >= 11 is 6.79. The topological polar surface area (TPSA) is 55.3 Å². The van der Waals surface area contributed by atoms with E-state index in [1.165, 1.54) is 0 Å². The van der Waals surface area contributed by atoms with E-state index in [2.05, 4.69) is 10.2 Å². The van der Waals surface area contributed by atoms with Crippen LogP contribution in [-0.2, 0) is 4.74 Å². The molecule has 1 aliphatic heterocycles. The SMILES string of the molecule is CCOC1CCCN(C(=O)c2nnc(Cl)s2)C1. The fourth-order valence-electron chi connectivity index (χ4n) is 1.92. The Hall–Kier alpha value is -0.720. The number of rotatable bonds is 3. The van der Waals surface area contributed by atoms with Crippen molar-refractivity contribution >= 4 is 28.8 Å². The van der Waals surface area contributed by atoms with E-state index in [9.17, 15) is 4.79 Å². The summed E-state index contributed by atoms with van der Waals surface area (Å²) in [4.78, 5) is 13.8. The first-order valence-corrected chi connectivity index (χ1v) is 6.80. The minimum Gasteiger partial charge on any atom is -0.377 e. The predicted octanol–water partition coefficient (Wildman–Crippen LogP) is 1.83. The third kappa shape index (κ3) is 3.14. The van der Waals surface area contributed by atoms with Crippen molar-refractivity contribution in [2.45, 2.75) is 25.9 Å². The van der Waals surface area contributed by atoms with Gasteiger partial charge in [-0.05, 0) is 31.4 Å². The summed E-state index contributed by atoms with van der Waals surface area (Å²) in [6.07, 6.45) is 2.11. The summed E-state index contributed by atoms with van der Waals surface area (Å²) in [5, 5.41) is 7.76. The Bertz CT molecular complexity index is 397. The molecule has 7 heteroatoms. The smallest absolute Gasteiger partial charge is 0.284 e. The molecule has 1 amide bonds. The van der Waals surface area contributed by atoms with Crippen molar-refractivity contribution in [1.29, 1.82) is 0 Å². The molecule has 17 heavy (non-hydrogen) atoms. The number of hydrogen-bond acceptors (Lipinski definition) is 5. The fourth-order valence-corrected chi connectivity index (χ4v) is 2.72. The maximum absolute atomic E-state index is 12.1. The van der Waals surface area contributed by atoms with Crippen LogP contribution in [0.1, 0.15) is 29.6 Å². The number of halogens is 1. The van der Waals surface area contributed by atoms with Gasteiger partial charge in [0.05, 0.1) is 6.10 Å². The van der Waals surface area contributed by atoms with Gasteiger partial charge in [-0.1, -0.05) is 11.3 Å². The van der Waals surface area contributed by atoms with Gasteiger partial charge in [-0.25, -0.2) is 0 Å². The van der Waals surface area contributed by atoms with Crippen LogP contribution in [0.3, 0.4) is 0 Å². The Morgan fingerprint density at radius 2 is 2.47 bits per heavy atom. The Morgan fingerprint density at radius 1 is 1.65 bits per heavy atom. The predicted molar refractivity (Wildman–Crippen MR) is 65.5 cm³/mol. The van der Waals surface area contributed by atoms with Crippen LogP contribution in [-0.4, -0.2) is 46.8 Å². The van der Waals surface area contributed by atoms with E-state index in [-0.39, 0.29) is 12.0 Å². The molecular formula is C10H14ClN3O2S. The van der Waals surface area contributed by atoms with Crippen LogP contribution in [0.5, 0.6) is 0 Å². The van der Waals surface area contributed by atoms with Gasteiger partial charge >= 0.3 is 0 Å². The van der Waals surface area contributed by atoms with Gasteiger partial charge in [0.2, 0.25) is 9.47 Å². The number of piperidine rings is 1. The lowest BCUT2D eigenvalue weighted by molar-refractivity contribution is 0.00720. The number of aromatic nitrogens is 2. The summed E-state index contributed by atoms with van der Waals surface area (Å²) in [6, 6.07) is 0. The molecule has 1 unspecified atom stereocenters. The molecule has 1 saturated heterocycles. The molecule has 0 saturated carbocycles. The number of likely N-dealkylation sites (tertiary alicyclic amines) is 1. The molecule has 1 fully saturated rings. The zero-order valence-corrected chi connectivity index (χ0v) is 11.1. The van der Waals surface area contributed by atoms with Crippen LogP contribution in [0, 0.1) is 0 Å². The lowest BCUT2D eigenvalue weighted by Crippen LogP contribution is -2.43. The Kier molecular flexibility index (Phi) is 4.31. The standard InChI is InChI=1S/C10H14ClN3O2S/c1-2-16-7-4-3-5-14(6-7)9(15)8-12-13-10(11)17-8/h7H,2-6H2,1H3. The third-order valence-electron chi connectivity index (χ3n) is 2.65. The molecule has 2 heterocycles. The lowest BCUT2D eigenvalue weighted by Gasteiger charge is -2.31. The van der Waals surface area contributed by atoms with Crippen molar-refractivity contribution in [2.75, 3.05) is 19.7 Å². The van der Waals surface area contributed by atoms with Crippen molar-refractivity contribution < 1.29 is 9.53 Å². The zero-order chi connectivity index (χ0) is 12.3. The van der Waals surface area contributed by atoms with E-state index >= 15 is 0 Å². The third-order valence-corrected chi connectivity index (χ3v) is 3.66. The molecule has 1 aliphatic rings. The molecule has 94 valence electrons. The lowest BCUT2D eigenvalue weighted by atomic mass is 10.1. The van der Waals surface area contributed by atoms with Crippen molar-refractivity contribution in [3.63, 3.8) is 0 Å². The number of amides is 1. The highest BCUT2D eigenvalue weighted by molar-refractivity contribution is 7.17. The first kappa shape index (κ1) is 12.7. The quantitative estimate of drug-likeness (QED) is 0.845. The number of carbonyl (C=O) groups is 1. The number of hydrogen-bond donors (Lipinski definition) is 0. The van der Waals surface area contributed by atoms with Crippen LogP contribution in [0.25, 0.3) is 0 Å². The van der Waals surface area contributed by atoms with Gasteiger partial charge in [-0.3, -0.25) is 4.79 Å². The van der Waals surface area contributed by atoms with Gasteiger partial charge in [-0.2, -0.15) is 0 Å². The van der Waals surface area contributed by atoms with Crippen LogP contribution in [0.4, 0.5) is 0 Å². The highest BCUT2D eigenvalue weighted by atomic mass is 35.5. The summed E-state index contributed by atoms with van der Waals surface area (Å²) < 4.78 is 5.85. The molecule has 0 N–H and O–H groups in total. The van der Waals surface area contributed by atoms with Crippen LogP contribution >= 0.6 is 22.9 Å². The number of carbonyl (C=O) groups excluding carboxylic acids is 1. The van der Waals surface area contributed by atoms with E-state index in [1.807, 2.05) is 6.92 Å². The van der Waals surface area contributed by atoms with Crippen molar-refractivity contribution in [3.8, 4) is 0 Å². The highest BCUT2D eigenvalue weighted by Gasteiger charge is 2.26. The highest BCUT2D eigenvalue weighted by Crippen LogP contribution is 2.20. The van der Waals surface area contributed by atoms with Gasteiger partial charge in [0.25, 0.3) is 5.91 Å². The van der Waals surface area contributed by atoms with Gasteiger partial charge in [0.15, 0.2) is 0 Å². The van der Waals surface area contributed by atoms with Crippen LogP contribution < -0.4 is 0 Å². The molecule has 0 bridgehead atoms. The van der Waals surface area contributed by atoms with Crippen molar-refractivity contribution in [3.05, 3.63) is 9.47 Å². The molecule has 5 nitrogen and oxygen atoms in total. The van der Waals surface area contributed by atoms with Crippen molar-refractivity contribution in [2.24, 2.45) is 0 Å². The molecule has 1 atom stereocenters. The first-order valence-electron chi connectivity index (χ1n) is 5.60. The second kappa shape index (κ2) is 5.75. The Balaban J connectivity index is 1.99. The summed E-state index contributed by atoms with van der Waals surface area (Å²) in [5.41, 5.74) is 0. The molecule has 0 aliphatic carbocycles. The van der Waals surface area contributed by atoms with E-state index in [4.69, 9.17) is 16.3 Å². The van der Waals surface area contributed by atoms with Gasteiger partial charge < -0.3 is 9.64 Å². The largest absolute Gasteiger partial charge is 0.377 e. The summed E-state index contributed by atoms with van der Waals surface area (Å²) in [6.45, 7) is 4.02. The molecule has 0 spiro atoms. The zero-order valence-electron chi connectivity index (χ0n) is 9.56.